The molecule has 8 nitrogen and oxygen atoms in total. The van der Waals surface area contributed by atoms with Crippen molar-refractivity contribution >= 4 is 11.9 Å². The first-order valence-electron chi connectivity index (χ1n) is 9.77. The third-order valence-corrected chi connectivity index (χ3v) is 4.80. The molecular weight excluding hydrogens is 417 g/mol. The van der Waals surface area contributed by atoms with Crippen LogP contribution in [0.15, 0.2) is 35.1 Å². The second-order valence-electron chi connectivity index (χ2n) is 7.07. The summed E-state index contributed by atoms with van der Waals surface area (Å²) in [6, 6.07) is 5.76. The largest absolute Gasteiger partial charge is 0.573 e. The smallest absolute Gasteiger partial charge is 0.406 e. The van der Waals surface area contributed by atoms with Gasteiger partial charge in [-0.25, -0.2) is 4.98 Å². The van der Waals surface area contributed by atoms with Crippen LogP contribution in [0.3, 0.4) is 0 Å². The lowest BCUT2D eigenvalue weighted by Gasteiger charge is -2.20. The molecule has 0 bridgehead atoms. The van der Waals surface area contributed by atoms with Crippen molar-refractivity contribution in [2.45, 2.75) is 31.7 Å². The number of methoxy groups -OCH3 is 1. The molecule has 0 spiro atoms. The Labute approximate surface area is 176 Å². The van der Waals surface area contributed by atoms with Crippen LogP contribution in [-0.2, 0) is 4.74 Å². The summed E-state index contributed by atoms with van der Waals surface area (Å²) in [4.78, 5) is 33.7. The van der Waals surface area contributed by atoms with E-state index in [1.807, 2.05) is 4.90 Å². The molecule has 1 aromatic carbocycles. The van der Waals surface area contributed by atoms with Gasteiger partial charge in [-0.2, -0.15) is 0 Å². The van der Waals surface area contributed by atoms with Gasteiger partial charge in [0.05, 0.1) is 6.04 Å². The number of benzene rings is 1. The van der Waals surface area contributed by atoms with Crippen LogP contribution in [0.5, 0.6) is 5.75 Å². The number of anilines is 1. The normalized spacial score (nSPS) is 15.0. The quantitative estimate of drug-likeness (QED) is 0.655. The van der Waals surface area contributed by atoms with E-state index in [0.717, 1.165) is 32.0 Å². The van der Waals surface area contributed by atoms with E-state index >= 15 is 0 Å². The fraction of sp³-hybridized carbons (Fsp3) is 0.450. The lowest BCUT2D eigenvalue weighted by molar-refractivity contribution is -0.274. The van der Waals surface area contributed by atoms with Crippen molar-refractivity contribution in [1.29, 1.82) is 0 Å². The van der Waals surface area contributed by atoms with E-state index in [-0.39, 0.29) is 11.4 Å². The molecule has 3 rings (SSSR count). The minimum absolute atomic E-state index is 0.0370. The Bertz CT molecular complexity index is 941. The molecule has 1 aromatic heterocycles. The molecule has 1 aliphatic heterocycles. The van der Waals surface area contributed by atoms with Crippen LogP contribution < -0.4 is 20.5 Å². The molecular formula is C20H23F3N4O4. The van der Waals surface area contributed by atoms with E-state index in [9.17, 15) is 22.8 Å². The third-order valence-electron chi connectivity index (χ3n) is 4.80. The van der Waals surface area contributed by atoms with E-state index in [2.05, 4.69) is 20.0 Å². The number of H-pyrrole nitrogens is 1. The molecule has 1 amide bonds. The van der Waals surface area contributed by atoms with Gasteiger partial charge < -0.3 is 19.7 Å². The van der Waals surface area contributed by atoms with Crippen LogP contribution in [0.1, 0.15) is 41.4 Å². The van der Waals surface area contributed by atoms with Crippen LogP contribution in [0.25, 0.3) is 0 Å². The Kier molecular flexibility index (Phi) is 7.16. The minimum atomic E-state index is -4.79. The van der Waals surface area contributed by atoms with E-state index < -0.39 is 23.9 Å². The van der Waals surface area contributed by atoms with E-state index in [4.69, 9.17) is 4.74 Å². The molecule has 2 heterocycles. The van der Waals surface area contributed by atoms with Gasteiger partial charge >= 0.3 is 6.36 Å². The van der Waals surface area contributed by atoms with Crippen LogP contribution in [0.2, 0.25) is 0 Å². The molecule has 1 fully saturated rings. The Morgan fingerprint density at radius 2 is 1.94 bits per heavy atom. The number of hydrogen-bond donors (Lipinski definition) is 2. The van der Waals surface area contributed by atoms with Gasteiger partial charge in [0.25, 0.3) is 11.5 Å². The van der Waals surface area contributed by atoms with Gasteiger partial charge in [-0.05, 0) is 37.0 Å². The van der Waals surface area contributed by atoms with Crippen molar-refractivity contribution < 1.29 is 27.4 Å². The number of alkyl halides is 3. The summed E-state index contributed by atoms with van der Waals surface area (Å²) in [6.45, 7) is 1.79. The summed E-state index contributed by atoms with van der Waals surface area (Å²) < 4.78 is 46.1. The second-order valence-corrected chi connectivity index (χ2v) is 7.07. The molecule has 1 saturated heterocycles. The fourth-order valence-electron chi connectivity index (χ4n) is 3.33. The summed E-state index contributed by atoms with van der Waals surface area (Å²) >= 11 is 0. The number of halogens is 3. The molecule has 0 aliphatic carbocycles. The lowest BCUT2D eigenvalue weighted by Crippen LogP contribution is -2.32. The summed E-state index contributed by atoms with van der Waals surface area (Å²) in [5, 5.41) is 2.78. The molecule has 31 heavy (non-hydrogen) atoms. The average molecular weight is 440 g/mol. The Morgan fingerprint density at radius 3 is 2.55 bits per heavy atom. The Hall–Kier alpha value is -3.08. The number of nitrogens with zero attached hydrogens (tertiary/aromatic N) is 2. The maximum Gasteiger partial charge on any atom is 0.573 e. The predicted octanol–water partition coefficient (Wildman–Crippen LogP) is 2.78. The molecule has 168 valence electrons. The number of nitrogens with one attached hydrogen (secondary N) is 2. The Morgan fingerprint density at radius 1 is 1.26 bits per heavy atom. The monoisotopic (exact) mass is 440 g/mol. The molecule has 1 aliphatic rings. The van der Waals surface area contributed by atoms with Crippen molar-refractivity contribution in [2.75, 3.05) is 31.7 Å². The highest BCUT2D eigenvalue weighted by Crippen LogP contribution is 2.25. The van der Waals surface area contributed by atoms with Crippen LogP contribution in [-0.4, -0.2) is 49.0 Å². The molecule has 0 saturated carbocycles. The highest BCUT2D eigenvalue weighted by Gasteiger charge is 2.31. The van der Waals surface area contributed by atoms with Gasteiger partial charge in [-0.1, -0.05) is 12.1 Å². The van der Waals surface area contributed by atoms with Crippen LogP contribution in [0, 0.1) is 0 Å². The zero-order chi connectivity index (χ0) is 22.4. The molecule has 2 aromatic rings. The van der Waals surface area contributed by atoms with Crippen molar-refractivity contribution in [2.24, 2.45) is 0 Å². The highest BCUT2D eigenvalue weighted by atomic mass is 19.4. The van der Waals surface area contributed by atoms with Gasteiger partial charge in [0.2, 0.25) is 5.95 Å². The second kappa shape index (κ2) is 9.82. The van der Waals surface area contributed by atoms with E-state index in [1.165, 1.54) is 31.4 Å². The number of hydrogen-bond acceptors (Lipinski definition) is 6. The number of rotatable bonds is 8. The zero-order valence-corrected chi connectivity index (χ0v) is 16.9. The predicted molar refractivity (Wildman–Crippen MR) is 106 cm³/mol. The maximum atomic E-state index is 12.8. The molecule has 1 unspecified atom stereocenters. The standard InChI is InChI=1S/C20H23F3N4O4/c1-30-11-8-15(13-4-6-14(7-5-13)31-20(21,22)23)24-18(29)16-12-17(28)26-19(25-16)27-9-2-3-10-27/h4-7,12,15H,2-3,8-11H2,1H3,(H,24,29)(H,25,26,28). The number of amides is 1. The zero-order valence-electron chi connectivity index (χ0n) is 16.9. The summed E-state index contributed by atoms with van der Waals surface area (Å²) in [5.74, 6) is -0.583. The van der Waals surface area contributed by atoms with Crippen molar-refractivity contribution in [3.63, 3.8) is 0 Å². The summed E-state index contributed by atoms with van der Waals surface area (Å²) in [7, 11) is 1.50. The third kappa shape index (κ3) is 6.45. The number of ether oxygens (including phenoxy) is 2. The van der Waals surface area contributed by atoms with Gasteiger partial charge in [0.1, 0.15) is 11.4 Å². The first-order chi connectivity index (χ1) is 14.7. The average Bonchev–Trinajstić information content (AvgIpc) is 3.25. The number of carbonyl (C=O) groups excluding carboxylic acids is 1. The van der Waals surface area contributed by atoms with Gasteiger partial charge in [-0.15, -0.1) is 13.2 Å². The molecule has 2 N–H and O–H groups in total. The van der Waals surface area contributed by atoms with Crippen molar-refractivity contribution in [3.05, 3.63) is 51.9 Å². The van der Waals surface area contributed by atoms with Gasteiger partial charge in [0.15, 0.2) is 0 Å². The Balaban J connectivity index is 1.77. The lowest BCUT2D eigenvalue weighted by atomic mass is 10.0. The molecule has 11 heteroatoms. The number of aromatic nitrogens is 2. The van der Waals surface area contributed by atoms with Gasteiger partial charge in [-0.3, -0.25) is 14.6 Å². The summed E-state index contributed by atoms with van der Waals surface area (Å²) in [5.41, 5.74) is 0.0822. The van der Waals surface area contributed by atoms with Crippen LogP contribution >= 0.6 is 0 Å². The molecule has 1 atom stereocenters. The number of aromatic amines is 1. The first-order valence-corrected chi connectivity index (χ1v) is 9.77. The first kappa shape index (κ1) is 22.6. The van der Waals surface area contributed by atoms with Crippen molar-refractivity contribution in [3.8, 4) is 5.75 Å². The minimum Gasteiger partial charge on any atom is -0.406 e. The summed E-state index contributed by atoms with van der Waals surface area (Å²) in [6.07, 6.45) is -2.46. The topological polar surface area (TPSA) is 96.5 Å². The molecule has 0 radical (unpaired) electrons. The van der Waals surface area contributed by atoms with E-state index in [0.29, 0.717) is 24.5 Å². The number of carbonyl (C=O) groups is 1. The van der Waals surface area contributed by atoms with Crippen LogP contribution in [0.4, 0.5) is 19.1 Å². The maximum absolute atomic E-state index is 12.8. The van der Waals surface area contributed by atoms with Gasteiger partial charge in [0, 0.05) is 32.9 Å². The van der Waals surface area contributed by atoms with E-state index in [1.54, 1.807) is 0 Å². The highest BCUT2D eigenvalue weighted by molar-refractivity contribution is 5.92. The van der Waals surface area contributed by atoms with Crippen molar-refractivity contribution in [1.82, 2.24) is 15.3 Å². The SMILES string of the molecule is COCCC(NC(=O)c1cc(=O)[nH]c(N2CCCC2)n1)c1ccc(OC(F)(F)F)cc1. The fourth-order valence-corrected chi connectivity index (χ4v) is 3.33.